The van der Waals surface area contributed by atoms with E-state index in [4.69, 9.17) is 4.42 Å². The van der Waals surface area contributed by atoms with Gasteiger partial charge in [-0.3, -0.25) is 4.79 Å². The summed E-state index contributed by atoms with van der Waals surface area (Å²) in [4.78, 5) is 13.9. The van der Waals surface area contributed by atoms with Crippen LogP contribution < -0.4 is 5.32 Å². The Morgan fingerprint density at radius 2 is 2.32 bits per heavy atom. The van der Waals surface area contributed by atoms with Gasteiger partial charge in [0.15, 0.2) is 0 Å². The number of nitrogens with one attached hydrogen (secondary N) is 1. The maximum absolute atomic E-state index is 11.6. The molecular weight excluding hydrogens is 240 g/mol. The summed E-state index contributed by atoms with van der Waals surface area (Å²) in [5, 5.41) is 2.89. The van der Waals surface area contributed by atoms with E-state index in [1.165, 1.54) is 31.8 Å². The molecule has 1 fully saturated rings. The van der Waals surface area contributed by atoms with Gasteiger partial charge in [0.25, 0.3) is 0 Å². The van der Waals surface area contributed by atoms with E-state index in [1.807, 2.05) is 6.07 Å². The lowest BCUT2D eigenvalue weighted by atomic mass is 10.2. The molecule has 1 aromatic heterocycles. The summed E-state index contributed by atoms with van der Waals surface area (Å²) in [5.41, 5.74) is 0. The zero-order valence-electron chi connectivity index (χ0n) is 11.5. The lowest BCUT2D eigenvalue weighted by Gasteiger charge is -2.23. The van der Waals surface area contributed by atoms with E-state index in [1.54, 1.807) is 18.4 Å². The molecule has 1 amide bonds. The number of furan rings is 1. The van der Waals surface area contributed by atoms with Crippen molar-refractivity contribution in [2.45, 2.75) is 31.7 Å². The Bertz CT molecular complexity index is 406. The highest BCUT2D eigenvalue weighted by Crippen LogP contribution is 2.21. The van der Waals surface area contributed by atoms with Gasteiger partial charge in [0.1, 0.15) is 5.76 Å². The fraction of sp³-hybridized carbons (Fsp3) is 0.533. The SMILES string of the molecule is CN(CCNC(=O)C=Cc1ccco1)C1CCCC1. The average molecular weight is 262 g/mol. The number of hydrogen-bond donors (Lipinski definition) is 1. The second-order valence-electron chi connectivity index (χ2n) is 5.06. The smallest absolute Gasteiger partial charge is 0.244 e. The van der Waals surface area contributed by atoms with Gasteiger partial charge < -0.3 is 14.6 Å². The minimum atomic E-state index is -0.0729. The quantitative estimate of drug-likeness (QED) is 0.800. The first-order chi connectivity index (χ1) is 9.25. The number of nitrogens with zero attached hydrogens (tertiary/aromatic N) is 1. The van der Waals surface area contributed by atoms with E-state index in [0.717, 1.165) is 6.54 Å². The van der Waals surface area contributed by atoms with Crippen LogP contribution in [0.25, 0.3) is 6.08 Å². The van der Waals surface area contributed by atoms with Crippen LogP contribution in [0.15, 0.2) is 28.9 Å². The second-order valence-corrected chi connectivity index (χ2v) is 5.06. The fourth-order valence-electron chi connectivity index (χ4n) is 2.49. The molecule has 4 nitrogen and oxygen atoms in total. The van der Waals surface area contributed by atoms with E-state index in [2.05, 4.69) is 17.3 Å². The van der Waals surface area contributed by atoms with Crippen LogP contribution in [0.2, 0.25) is 0 Å². The first-order valence-electron chi connectivity index (χ1n) is 6.95. The summed E-state index contributed by atoms with van der Waals surface area (Å²) in [7, 11) is 2.14. The van der Waals surface area contributed by atoms with Crippen LogP contribution in [-0.2, 0) is 4.79 Å². The van der Waals surface area contributed by atoms with Crippen LogP contribution in [-0.4, -0.2) is 37.0 Å². The van der Waals surface area contributed by atoms with Crippen LogP contribution in [0, 0.1) is 0 Å². The third kappa shape index (κ3) is 4.56. The largest absolute Gasteiger partial charge is 0.465 e. The number of carbonyl (C=O) groups is 1. The predicted molar refractivity (Wildman–Crippen MR) is 75.6 cm³/mol. The molecule has 1 N–H and O–H groups in total. The topological polar surface area (TPSA) is 45.5 Å². The number of carbonyl (C=O) groups excluding carboxylic acids is 1. The van der Waals surface area contributed by atoms with Gasteiger partial charge in [-0.2, -0.15) is 0 Å². The lowest BCUT2D eigenvalue weighted by molar-refractivity contribution is -0.116. The summed E-state index contributed by atoms with van der Waals surface area (Å²) >= 11 is 0. The third-order valence-electron chi connectivity index (χ3n) is 3.65. The van der Waals surface area contributed by atoms with Gasteiger partial charge >= 0.3 is 0 Å². The molecular formula is C15H22N2O2. The molecule has 1 saturated carbocycles. The molecule has 0 saturated heterocycles. The van der Waals surface area contributed by atoms with Gasteiger partial charge in [-0.05, 0) is 38.1 Å². The van der Waals surface area contributed by atoms with E-state index >= 15 is 0 Å². The van der Waals surface area contributed by atoms with Gasteiger partial charge in [0, 0.05) is 25.2 Å². The maximum atomic E-state index is 11.6. The van der Waals surface area contributed by atoms with Crippen molar-refractivity contribution < 1.29 is 9.21 Å². The highest BCUT2D eigenvalue weighted by molar-refractivity contribution is 5.91. The standard InChI is InChI=1S/C15H22N2O2/c1-17(13-5-2-3-6-13)11-10-16-15(18)9-8-14-7-4-12-19-14/h4,7-9,12-13H,2-3,5-6,10-11H2,1H3,(H,16,18). The molecule has 1 aliphatic rings. The molecule has 0 aliphatic heterocycles. The zero-order chi connectivity index (χ0) is 13.5. The summed E-state index contributed by atoms with van der Waals surface area (Å²) < 4.78 is 5.12. The number of hydrogen-bond acceptors (Lipinski definition) is 3. The molecule has 0 aromatic carbocycles. The van der Waals surface area contributed by atoms with Gasteiger partial charge in [0.05, 0.1) is 6.26 Å². The molecule has 0 atom stereocenters. The van der Waals surface area contributed by atoms with Crippen molar-refractivity contribution in [1.82, 2.24) is 10.2 Å². The van der Waals surface area contributed by atoms with Gasteiger partial charge in [-0.15, -0.1) is 0 Å². The molecule has 2 rings (SSSR count). The lowest BCUT2D eigenvalue weighted by Crippen LogP contribution is -2.36. The Hall–Kier alpha value is -1.55. The molecule has 0 unspecified atom stereocenters. The third-order valence-corrected chi connectivity index (χ3v) is 3.65. The minimum absolute atomic E-state index is 0.0729. The van der Waals surface area contributed by atoms with Gasteiger partial charge in [-0.25, -0.2) is 0 Å². The molecule has 0 spiro atoms. The molecule has 0 radical (unpaired) electrons. The predicted octanol–water partition coefficient (Wildman–Crippen LogP) is 2.28. The maximum Gasteiger partial charge on any atom is 0.244 e. The fourth-order valence-corrected chi connectivity index (χ4v) is 2.49. The zero-order valence-corrected chi connectivity index (χ0v) is 11.5. The monoisotopic (exact) mass is 262 g/mol. The van der Waals surface area contributed by atoms with Crippen molar-refractivity contribution in [2.24, 2.45) is 0 Å². The molecule has 104 valence electrons. The normalized spacial score (nSPS) is 16.5. The van der Waals surface area contributed by atoms with Crippen molar-refractivity contribution in [3.63, 3.8) is 0 Å². The molecule has 1 aromatic rings. The van der Waals surface area contributed by atoms with Crippen molar-refractivity contribution in [1.29, 1.82) is 0 Å². The van der Waals surface area contributed by atoms with Crippen molar-refractivity contribution in [3.8, 4) is 0 Å². The highest BCUT2D eigenvalue weighted by Gasteiger charge is 2.18. The van der Waals surface area contributed by atoms with Crippen LogP contribution in [0.1, 0.15) is 31.4 Å². The summed E-state index contributed by atoms with van der Waals surface area (Å²) in [6.45, 7) is 1.60. The number of likely N-dealkylation sites (N-methyl/N-ethyl adjacent to an activating group) is 1. The molecule has 4 heteroatoms. The Labute approximate surface area is 114 Å². The van der Waals surface area contributed by atoms with Crippen LogP contribution in [0.5, 0.6) is 0 Å². The minimum Gasteiger partial charge on any atom is -0.465 e. The van der Waals surface area contributed by atoms with Gasteiger partial charge in [0.2, 0.25) is 5.91 Å². The van der Waals surface area contributed by atoms with E-state index in [0.29, 0.717) is 18.3 Å². The van der Waals surface area contributed by atoms with Crippen molar-refractivity contribution in [2.75, 3.05) is 20.1 Å². The molecule has 0 bridgehead atoms. The first kappa shape index (κ1) is 13.9. The molecule has 1 aliphatic carbocycles. The first-order valence-corrected chi connectivity index (χ1v) is 6.95. The Morgan fingerprint density at radius 1 is 1.53 bits per heavy atom. The van der Waals surface area contributed by atoms with Crippen LogP contribution in [0.3, 0.4) is 0 Å². The van der Waals surface area contributed by atoms with Crippen LogP contribution in [0.4, 0.5) is 0 Å². The highest BCUT2D eigenvalue weighted by atomic mass is 16.3. The molecule has 19 heavy (non-hydrogen) atoms. The van der Waals surface area contributed by atoms with E-state index in [9.17, 15) is 4.79 Å². The summed E-state index contributed by atoms with van der Waals surface area (Å²) in [6, 6.07) is 4.32. The summed E-state index contributed by atoms with van der Waals surface area (Å²) in [5.74, 6) is 0.620. The molecule has 1 heterocycles. The average Bonchev–Trinajstić information content (AvgIpc) is 3.09. The number of rotatable bonds is 6. The number of amides is 1. The Morgan fingerprint density at radius 3 is 3.00 bits per heavy atom. The van der Waals surface area contributed by atoms with E-state index in [-0.39, 0.29) is 5.91 Å². The van der Waals surface area contributed by atoms with E-state index < -0.39 is 0 Å². The summed E-state index contributed by atoms with van der Waals surface area (Å²) in [6.07, 6.45) is 10.0. The van der Waals surface area contributed by atoms with Crippen molar-refractivity contribution in [3.05, 3.63) is 30.2 Å². The van der Waals surface area contributed by atoms with Crippen molar-refractivity contribution >= 4 is 12.0 Å². The Kier molecular flexibility index (Phi) is 5.21. The second kappa shape index (κ2) is 7.14. The Balaban J connectivity index is 1.63. The van der Waals surface area contributed by atoms with Crippen LogP contribution >= 0.6 is 0 Å². The van der Waals surface area contributed by atoms with Gasteiger partial charge in [-0.1, -0.05) is 12.8 Å².